The van der Waals surface area contributed by atoms with Crippen molar-refractivity contribution in [3.8, 4) is 10.6 Å². The van der Waals surface area contributed by atoms with Crippen molar-refractivity contribution in [1.82, 2.24) is 20.8 Å². The summed E-state index contributed by atoms with van der Waals surface area (Å²) >= 11 is 1.17. The summed E-state index contributed by atoms with van der Waals surface area (Å²) in [6.45, 7) is 5.57. The van der Waals surface area contributed by atoms with Crippen molar-refractivity contribution < 1.29 is 14.0 Å². The highest BCUT2D eigenvalue weighted by atomic mass is 32.1. The number of rotatable bonds is 6. The first-order valence-corrected chi connectivity index (χ1v) is 10.5. The van der Waals surface area contributed by atoms with Gasteiger partial charge in [0.1, 0.15) is 16.9 Å². The monoisotopic (exact) mass is 441 g/mol. The van der Waals surface area contributed by atoms with Gasteiger partial charge in [0.25, 0.3) is 0 Å². The number of urea groups is 1. The average Bonchev–Trinajstić information content (AvgIpc) is 3.16. The van der Waals surface area contributed by atoms with Crippen molar-refractivity contribution in [2.45, 2.75) is 38.8 Å². The van der Waals surface area contributed by atoms with Gasteiger partial charge in [-0.05, 0) is 50.6 Å². The third-order valence-electron chi connectivity index (χ3n) is 4.14. The molecule has 0 aliphatic rings. The number of halogens is 1. The molecule has 3 aromatic rings. The Balaban J connectivity index is 1.73. The Hall–Kier alpha value is -3.33. The van der Waals surface area contributed by atoms with Crippen LogP contribution in [0.1, 0.15) is 26.3 Å². The molecule has 0 aliphatic carbocycles. The fourth-order valence-electron chi connectivity index (χ4n) is 2.77. The standard InChI is InChI=1S/C22H24FN5O2S/c1-22(2,3)26-20(30)24-17(13-14-7-5-4-6-8-14)18(29)25-21-28-27-19(31-21)15-9-11-16(23)12-10-15/h4-12,17H,13H2,1-3H3,(H2,24,26,30)(H,25,28,29). The highest BCUT2D eigenvalue weighted by Gasteiger charge is 2.24. The normalized spacial score (nSPS) is 12.1. The molecule has 0 radical (unpaired) electrons. The van der Waals surface area contributed by atoms with E-state index in [0.717, 1.165) is 5.56 Å². The van der Waals surface area contributed by atoms with Gasteiger partial charge in [-0.15, -0.1) is 10.2 Å². The molecule has 2 aromatic carbocycles. The third kappa shape index (κ3) is 6.85. The maximum Gasteiger partial charge on any atom is 0.315 e. The molecule has 3 amide bonds. The number of hydrogen-bond donors (Lipinski definition) is 3. The fraction of sp³-hybridized carbons (Fsp3) is 0.273. The van der Waals surface area contributed by atoms with Crippen LogP contribution in [0.2, 0.25) is 0 Å². The van der Waals surface area contributed by atoms with Crippen molar-refractivity contribution in [2.75, 3.05) is 5.32 Å². The predicted octanol–water partition coefficient (Wildman–Crippen LogP) is 3.99. The Morgan fingerprint density at radius 3 is 2.35 bits per heavy atom. The van der Waals surface area contributed by atoms with Crippen LogP contribution in [0.15, 0.2) is 54.6 Å². The summed E-state index contributed by atoms with van der Waals surface area (Å²) in [5.74, 6) is -0.750. The molecule has 0 fully saturated rings. The molecule has 1 unspecified atom stereocenters. The van der Waals surface area contributed by atoms with Gasteiger partial charge in [-0.3, -0.25) is 10.1 Å². The lowest BCUT2D eigenvalue weighted by Gasteiger charge is -2.24. The first kappa shape index (κ1) is 22.4. The molecule has 3 rings (SSSR count). The van der Waals surface area contributed by atoms with Crippen LogP contribution in [-0.2, 0) is 11.2 Å². The SMILES string of the molecule is CC(C)(C)NC(=O)NC(Cc1ccccc1)C(=O)Nc1nnc(-c2ccc(F)cc2)s1. The van der Waals surface area contributed by atoms with Gasteiger partial charge in [-0.25, -0.2) is 9.18 Å². The molecule has 1 heterocycles. The lowest BCUT2D eigenvalue weighted by atomic mass is 10.1. The van der Waals surface area contributed by atoms with Crippen LogP contribution in [0.3, 0.4) is 0 Å². The van der Waals surface area contributed by atoms with Gasteiger partial charge in [0.2, 0.25) is 11.0 Å². The van der Waals surface area contributed by atoms with Crippen LogP contribution < -0.4 is 16.0 Å². The van der Waals surface area contributed by atoms with Gasteiger partial charge in [-0.2, -0.15) is 0 Å². The maximum atomic E-state index is 13.1. The van der Waals surface area contributed by atoms with Crippen molar-refractivity contribution in [3.05, 3.63) is 66.0 Å². The van der Waals surface area contributed by atoms with Crippen molar-refractivity contribution in [3.63, 3.8) is 0 Å². The number of amides is 3. The molecule has 3 N–H and O–H groups in total. The topological polar surface area (TPSA) is 96.0 Å². The van der Waals surface area contributed by atoms with E-state index in [2.05, 4.69) is 26.1 Å². The van der Waals surface area contributed by atoms with Gasteiger partial charge in [0.05, 0.1) is 0 Å². The van der Waals surface area contributed by atoms with Crippen LogP contribution >= 0.6 is 11.3 Å². The summed E-state index contributed by atoms with van der Waals surface area (Å²) in [6.07, 6.45) is 0.313. The molecular formula is C22H24FN5O2S. The molecule has 0 aliphatic heterocycles. The van der Waals surface area contributed by atoms with Crippen molar-refractivity contribution >= 4 is 28.4 Å². The Bertz CT molecular complexity index is 1030. The molecule has 162 valence electrons. The Morgan fingerprint density at radius 2 is 1.71 bits per heavy atom. The number of nitrogens with one attached hydrogen (secondary N) is 3. The number of benzene rings is 2. The summed E-state index contributed by atoms with van der Waals surface area (Å²) in [5, 5.41) is 17.2. The smallest absolute Gasteiger partial charge is 0.315 e. The number of nitrogens with zero attached hydrogens (tertiary/aromatic N) is 2. The van der Waals surface area contributed by atoms with E-state index in [1.54, 1.807) is 12.1 Å². The van der Waals surface area contributed by atoms with E-state index in [1.165, 1.54) is 23.5 Å². The third-order valence-corrected chi connectivity index (χ3v) is 5.03. The van der Waals surface area contributed by atoms with Crippen molar-refractivity contribution in [2.24, 2.45) is 0 Å². The number of hydrogen-bond acceptors (Lipinski definition) is 5. The van der Waals surface area contributed by atoms with E-state index in [-0.39, 0.29) is 5.82 Å². The minimum absolute atomic E-state index is 0.292. The highest BCUT2D eigenvalue weighted by molar-refractivity contribution is 7.18. The molecule has 0 saturated heterocycles. The van der Waals surface area contributed by atoms with Crippen LogP contribution in [0.25, 0.3) is 10.6 Å². The van der Waals surface area contributed by atoms with Crippen LogP contribution in [0.4, 0.5) is 14.3 Å². The number of aromatic nitrogens is 2. The molecule has 31 heavy (non-hydrogen) atoms. The molecule has 9 heteroatoms. The molecule has 0 spiro atoms. The van der Waals surface area contributed by atoms with Crippen LogP contribution in [0.5, 0.6) is 0 Å². The quantitative estimate of drug-likeness (QED) is 0.539. The molecule has 7 nitrogen and oxygen atoms in total. The summed E-state index contributed by atoms with van der Waals surface area (Å²) in [5.41, 5.74) is 1.16. The van der Waals surface area contributed by atoms with Gasteiger partial charge < -0.3 is 10.6 Å². The Morgan fingerprint density at radius 1 is 1.03 bits per heavy atom. The lowest BCUT2D eigenvalue weighted by molar-refractivity contribution is -0.117. The van der Waals surface area contributed by atoms with E-state index in [1.807, 2.05) is 51.1 Å². The lowest BCUT2D eigenvalue weighted by Crippen LogP contribution is -2.53. The number of carbonyl (C=O) groups excluding carboxylic acids is 2. The predicted molar refractivity (Wildman–Crippen MR) is 119 cm³/mol. The molecule has 0 saturated carbocycles. The zero-order chi connectivity index (χ0) is 22.4. The second-order valence-electron chi connectivity index (χ2n) is 8.00. The fourth-order valence-corrected chi connectivity index (χ4v) is 3.52. The van der Waals surface area contributed by atoms with Gasteiger partial charge >= 0.3 is 6.03 Å². The molecule has 1 aromatic heterocycles. The van der Waals surface area contributed by atoms with E-state index < -0.39 is 23.5 Å². The minimum atomic E-state index is -0.817. The minimum Gasteiger partial charge on any atom is -0.334 e. The largest absolute Gasteiger partial charge is 0.334 e. The summed E-state index contributed by atoms with van der Waals surface area (Å²) in [7, 11) is 0. The van der Waals surface area contributed by atoms with E-state index in [9.17, 15) is 14.0 Å². The van der Waals surface area contributed by atoms with E-state index in [0.29, 0.717) is 22.1 Å². The number of carbonyl (C=O) groups is 2. The second kappa shape index (κ2) is 9.65. The van der Waals surface area contributed by atoms with E-state index >= 15 is 0 Å². The molecule has 0 bridgehead atoms. The van der Waals surface area contributed by atoms with Crippen molar-refractivity contribution in [1.29, 1.82) is 0 Å². The molecule has 1 atom stereocenters. The second-order valence-corrected chi connectivity index (χ2v) is 8.98. The van der Waals surface area contributed by atoms with Crippen LogP contribution in [0, 0.1) is 5.82 Å². The summed E-state index contributed by atoms with van der Waals surface area (Å²) in [6, 6.07) is 14.0. The summed E-state index contributed by atoms with van der Waals surface area (Å²) < 4.78 is 13.1. The summed E-state index contributed by atoms with van der Waals surface area (Å²) in [4.78, 5) is 25.3. The zero-order valence-electron chi connectivity index (χ0n) is 17.5. The Kier molecular flexibility index (Phi) is 6.96. The Labute approximate surface area is 184 Å². The van der Waals surface area contributed by atoms with Crippen LogP contribution in [-0.4, -0.2) is 33.7 Å². The first-order valence-electron chi connectivity index (χ1n) is 9.72. The first-order chi connectivity index (χ1) is 14.7. The zero-order valence-corrected chi connectivity index (χ0v) is 18.3. The maximum absolute atomic E-state index is 13.1. The highest BCUT2D eigenvalue weighted by Crippen LogP contribution is 2.26. The van der Waals surface area contributed by atoms with Gasteiger partial charge in [-0.1, -0.05) is 41.7 Å². The molecular weight excluding hydrogens is 417 g/mol. The number of anilines is 1. The van der Waals surface area contributed by atoms with E-state index in [4.69, 9.17) is 0 Å². The van der Waals surface area contributed by atoms with Gasteiger partial charge in [0, 0.05) is 17.5 Å². The average molecular weight is 442 g/mol. The van der Waals surface area contributed by atoms with Gasteiger partial charge in [0.15, 0.2) is 0 Å².